The van der Waals surface area contributed by atoms with E-state index in [4.69, 9.17) is 10.8 Å². The van der Waals surface area contributed by atoms with Crippen LogP contribution in [0.5, 0.6) is 0 Å². The minimum Gasteiger partial charge on any atom is -0.380 e. The summed E-state index contributed by atoms with van der Waals surface area (Å²) in [7, 11) is 0. The first-order valence-electron chi connectivity index (χ1n) is 3.40. The molecule has 1 aliphatic carbocycles. The lowest BCUT2D eigenvalue weighted by Crippen LogP contribution is -2.43. The van der Waals surface area contributed by atoms with Gasteiger partial charge in [0.25, 0.3) is 0 Å². The Bertz CT molecular complexity index is 163. The van der Waals surface area contributed by atoms with Crippen LogP contribution in [0.25, 0.3) is 0 Å². The second-order valence-corrected chi connectivity index (χ2v) is 3.03. The maximum absolute atomic E-state index is 12.0. The van der Waals surface area contributed by atoms with Crippen molar-refractivity contribution in [1.82, 2.24) is 0 Å². The summed E-state index contributed by atoms with van der Waals surface area (Å²) in [5.41, 5.74) is 2.73. The van der Waals surface area contributed by atoms with E-state index >= 15 is 0 Å². The smallest absolute Gasteiger partial charge is 0.380 e. The summed E-state index contributed by atoms with van der Waals surface area (Å²) in [6.07, 6.45) is -4.91. The average molecular weight is 206 g/mol. The van der Waals surface area contributed by atoms with Gasteiger partial charge in [-0.25, -0.2) is 0 Å². The molecule has 0 amide bonds. The largest absolute Gasteiger partial charge is 0.417 e. The van der Waals surface area contributed by atoms with Gasteiger partial charge < -0.3 is 10.8 Å². The van der Waals surface area contributed by atoms with Crippen LogP contribution in [0.3, 0.4) is 0 Å². The molecule has 12 heavy (non-hydrogen) atoms. The molecule has 1 fully saturated rings. The predicted octanol–water partition coefficient (Wildman–Crippen LogP) is 1.21. The molecule has 0 spiro atoms. The molecule has 2 atom stereocenters. The summed E-state index contributed by atoms with van der Waals surface area (Å²) in [5, 5.41) is 8.99. The predicted molar refractivity (Wildman–Crippen MR) is 40.1 cm³/mol. The number of aliphatic hydroxyl groups is 1. The maximum Gasteiger partial charge on any atom is 0.417 e. The van der Waals surface area contributed by atoms with Gasteiger partial charge in [-0.05, 0) is 12.8 Å². The molecule has 0 bridgehead atoms. The van der Waals surface area contributed by atoms with Crippen molar-refractivity contribution in [3.63, 3.8) is 0 Å². The van der Waals surface area contributed by atoms with Gasteiger partial charge in [-0.1, -0.05) is 0 Å². The summed E-state index contributed by atoms with van der Waals surface area (Å²) in [5.74, 6) is 0. The molecule has 2 nitrogen and oxygen atoms in total. The average Bonchev–Trinajstić information content (AvgIpc) is 2.10. The Hall–Kier alpha value is -0.0000000000000000555. The summed E-state index contributed by atoms with van der Waals surface area (Å²) < 4.78 is 36.0. The highest BCUT2D eigenvalue weighted by Crippen LogP contribution is 2.42. The first kappa shape index (κ1) is 12.0. The Balaban J connectivity index is 0.00000121. The van der Waals surface area contributed by atoms with Gasteiger partial charge in [-0.2, -0.15) is 13.2 Å². The van der Waals surface area contributed by atoms with E-state index in [0.29, 0.717) is 0 Å². The van der Waals surface area contributed by atoms with E-state index in [1.807, 2.05) is 0 Å². The van der Waals surface area contributed by atoms with Crippen LogP contribution in [0.1, 0.15) is 19.3 Å². The highest BCUT2D eigenvalue weighted by molar-refractivity contribution is 5.85. The molecule has 0 heterocycles. The zero-order chi connectivity index (χ0) is 8.70. The fourth-order valence-electron chi connectivity index (χ4n) is 1.32. The first-order chi connectivity index (χ1) is 4.85. The Morgan fingerprint density at radius 3 is 2.08 bits per heavy atom. The normalized spacial score (nSPS) is 36.2. The minimum absolute atomic E-state index is 0. The van der Waals surface area contributed by atoms with Crippen molar-refractivity contribution in [3.05, 3.63) is 0 Å². The van der Waals surface area contributed by atoms with Crippen LogP contribution in [0, 0.1) is 0 Å². The van der Waals surface area contributed by atoms with E-state index in [-0.39, 0.29) is 31.7 Å². The number of hydrogen-bond acceptors (Lipinski definition) is 2. The minimum atomic E-state index is -4.53. The third-order valence-electron chi connectivity index (χ3n) is 2.06. The van der Waals surface area contributed by atoms with Gasteiger partial charge in [0.15, 0.2) is 5.60 Å². The van der Waals surface area contributed by atoms with Crippen molar-refractivity contribution >= 4 is 12.4 Å². The van der Waals surface area contributed by atoms with Crippen LogP contribution in [0.2, 0.25) is 0 Å². The lowest BCUT2D eigenvalue weighted by Gasteiger charge is -2.25. The van der Waals surface area contributed by atoms with Crippen molar-refractivity contribution in [2.45, 2.75) is 37.1 Å². The monoisotopic (exact) mass is 205 g/mol. The van der Waals surface area contributed by atoms with Gasteiger partial charge in [0.2, 0.25) is 0 Å². The van der Waals surface area contributed by atoms with Gasteiger partial charge in [0.05, 0.1) is 0 Å². The molecule has 0 saturated heterocycles. The van der Waals surface area contributed by atoms with E-state index in [1.54, 1.807) is 0 Å². The Kier molecular flexibility index (Phi) is 3.40. The van der Waals surface area contributed by atoms with Crippen molar-refractivity contribution in [1.29, 1.82) is 0 Å². The Morgan fingerprint density at radius 2 is 1.92 bits per heavy atom. The van der Waals surface area contributed by atoms with E-state index in [2.05, 4.69) is 0 Å². The summed E-state index contributed by atoms with van der Waals surface area (Å²) in [4.78, 5) is 0. The molecular formula is C6H11ClF3NO. The molecule has 0 aromatic rings. The Labute approximate surface area is 74.3 Å². The molecule has 1 saturated carbocycles. The third-order valence-corrected chi connectivity index (χ3v) is 2.06. The molecule has 0 unspecified atom stereocenters. The quantitative estimate of drug-likeness (QED) is 0.625. The molecule has 1 rings (SSSR count). The van der Waals surface area contributed by atoms with Crippen molar-refractivity contribution in [3.8, 4) is 0 Å². The van der Waals surface area contributed by atoms with E-state index < -0.39 is 17.8 Å². The van der Waals surface area contributed by atoms with Gasteiger partial charge in [-0.15, -0.1) is 12.4 Å². The zero-order valence-corrected chi connectivity index (χ0v) is 7.08. The van der Waals surface area contributed by atoms with E-state index in [1.165, 1.54) is 0 Å². The van der Waals surface area contributed by atoms with Crippen LogP contribution < -0.4 is 5.73 Å². The summed E-state index contributed by atoms with van der Waals surface area (Å²) in [6, 6.07) is -0.512. The standard InChI is InChI=1S/C6H10F3NO.ClH/c7-6(8,9)5(11)2-1-4(10)3-5;/h4,11H,1-3,10H2;1H/t4-,5-;/m1./s1. The number of rotatable bonds is 0. The van der Waals surface area contributed by atoms with Crippen molar-refractivity contribution in [2.75, 3.05) is 0 Å². The zero-order valence-electron chi connectivity index (χ0n) is 6.27. The second kappa shape index (κ2) is 3.40. The fourth-order valence-corrected chi connectivity index (χ4v) is 1.32. The van der Waals surface area contributed by atoms with Crippen LogP contribution in [-0.4, -0.2) is 22.9 Å². The molecule has 0 aromatic heterocycles. The number of nitrogens with two attached hydrogens (primary N) is 1. The van der Waals surface area contributed by atoms with Crippen LogP contribution in [0.15, 0.2) is 0 Å². The third kappa shape index (κ3) is 2.02. The summed E-state index contributed by atoms with van der Waals surface area (Å²) >= 11 is 0. The SMILES string of the molecule is Cl.N[C@@H]1CC[C@](O)(C(F)(F)F)C1. The van der Waals surface area contributed by atoms with Crippen LogP contribution >= 0.6 is 12.4 Å². The fraction of sp³-hybridized carbons (Fsp3) is 1.00. The second-order valence-electron chi connectivity index (χ2n) is 3.03. The Morgan fingerprint density at radius 1 is 1.42 bits per heavy atom. The van der Waals surface area contributed by atoms with Gasteiger partial charge in [-0.3, -0.25) is 0 Å². The number of halogens is 4. The molecule has 0 aromatic carbocycles. The summed E-state index contributed by atoms with van der Waals surface area (Å²) in [6.45, 7) is 0. The lowest BCUT2D eigenvalue weighted by atomic mass is 10.0. The number of alkyl halides is 3. The molecule has 74 valence electrons. The van der Waals surface area contributed by atoms with E-state index in [9.17, 15) is 13.2 Å². The van der Waals surface area contributed by atoms with Crippen molar-refractivity contribution < 1.29 is 18.3 Å². The molecule has 6 heteroatoms. The van der Waals surface area contributed by atoms with Gasteiger partial charge >= 0.3 is 6.18 Å². The highest BCUT2D eigenvalue weighted by Gasteiger charge is 2.56. The highest BCUT2D eigenvalue weighted by atomic mass is 35.5. The van der Waals surface area contributed by atoms with Crippen molar-refractivity contribution in [2.24, 2.45) is 5.73 Å². The lowest BCUT2D eigenvalue weighted by molar-refractivity contribution is -0.257. The molecular weight excluding hydrogens is 195 g/mol. The van der Waals surface area contributed by atoms with Crippen LogP contribution in [-0.2, 0) is 0 Å². The topological polar surface area (TPSA) is 46.2 Å². The molecule has 1 aliphatic rings. The molecule has 3 N–H and O–H groups in total. The van der Waals surface area contributed by atoms with Crippen LogP contribution in [0.4, 0.5) is 13.2 Å². The maximum atomic E-state index is 12.0. The van der Waals surface area contributed by atoms with Gasteiger partial charge in [0.1, 0.15) is 0 Å². The van der Waals surface area contributed by atoms with Gasteiger partial charge in [0, 0.05) is 12.5 Å². The molecule has 0 radical (unpaired) electrons. The van der Waals surface area contributed by atoms with E-state index in [0.717, 1.165) is 0 Å². The number of hydrogen-bond donors (Lipinski definition) is 2. The first-order valence-corrected chi connectivity index (χ1v) is 3.40. The molecule has 0 aliphatic heterocycles.